The minimum absolute atomic E-state index is 0.117. The molecule has 2 heterocycles. The molecule has 0 aromatic carbocycles. The highest BCUT2D eigenvalue weighted by molar-refractivity contribution is 7.89. The number of nitrogens with one attached hydrogen (secondary N) is 1. The van der Waals surface area contributed by atoms with Crippen LogP contribution >= 0.6 is 0 Å². The standard InChI is InChI=1S/C9H16N2O3S/c12-9-4-2-6-15(13,14)11(9)7-8-3-1-5-10-8/h8,10H,1-7H2. The quantitative estimate of drug-likeness (QED) is 0.709. The van der Waals surface area contributed by atoms with Crippen LogP contribution in [0.5, 0.6) is 0 Å². The Bertz CT molecular complexity index is 346. The monoisotopic (exact) mass is 232 g/mol. The number of carbonyl (C=O) groups excluding carboxylic acids is 1. The molecule has 2 fully saturated rings. The average molecular weight is 232 g/mol. The van der Waals surface area contributed by atoms with Crippen LogP contribution in [-0.2, 0) is 14.8 Å². The summed E-state index contributed by atoms with van der Waals surface area (Å²) in [7, 11) is -3.32. The zero-order chi connectivity index (χ0) is 10.9. The summed E-state index contributed by atoms with van der Waals surface area (Å²) in [6.07, 6.45) is 2.85. The van der Waals surface area contributed by atoms with Crippen molar-refractivity contribution in [3.8, 4) is 0 Å². The zero-order valence-corrected chi connectivity index (χ0v) is 9.42. The molecule has 0 aliphatic carbocycles. The van der Waals surface area contributed by atoms with E-state index >= 15 is 0 Å². The van der Waals surface area contributed by atoms with E-state index < -0.39 is 10.0 Å². The normalized spacial score (nSPS) is 30.8. The van der Waals surface area contributed by atoms with Gasteiger partial charge in [0.05, 0.1) is 12.3 Å². The highest BCUT2D eigenvalue weighted by Crippen LogP contribution is 2.17. The average Bonchev–Trinajstić information content (AvgIpc) is 2.63. The topological polar surface area (TPSA) is 66.5 Å². The number of nitrogens with zero attached hydrogens (tertiary/aromatic N) is 1. The van der Waals surface area contributed by atoms with Crippen molar-refractivity contribution in [1.29, 1.82) is 0 Å². The van der Waals surface area contributed by atoms with Gasteiger partial charge in [-0.25, -0.2) is 12.7 Å². The lowest BCUT2D eigenvalue weighted by Gasteiger charge is -2.28. The first kappa shape index (κ1) is 10.9. The molecule has 5 nitrogen and oxygen atoms in total. The van der Waals surface area contributed by atoms with Crippen LogP contribution in [0.15, 0.2) is 0 Å². The fourth-order valence-electron chi connectivity index (χ4n) is 2.12. The van der Waals surface area contributed by atoms with E-state index in [9.17, 15) is 13.2 Å². The maximum absolute atomic E-state index is 11.7. The van der Waals surface area contributed by atoms with Crippen molar-refractivity contribution in [2.45, 2.75) is 31.7 Å². The molecule has 0 aromatic rings. The van der Waals surface area contributed by atoms with Crippen LogP contribution < -0.4 is 5.32 Å². The second-order valence-corrected chi connectivity index (χ2v) is 6.15. The van der Waals surface area contributed by atoms with Gasteiger partial charge in [-0.2, -0.15) is 0 Å². The van der Waals surface area contributed by atoms with Gasteiger partial charge in [0, 0.05) is 12.5 Å². The van der Waals surface area contributed by atoms with Gasteiger partial charge in [-0.3, -0.25) is 4.79 Å². The number of amides is 1. The summed E-state index contributed by atoms with van der Waals surface area (Å²) in [5.41, 5.74) is 0. The summed E-state index contributed by atoms with van der Waals surface area (Å²) in [5.74, 6) is -0.124. The molecule has 0 bridgehead atoms. The molecule has 0 aromatic heterocycles. The SMILES string of the molecule is O=C1CCCS(=O)(=O)N1CC1CCCN1. The molecule has 1 N–H and O–H groups in total. The number of sulfonamides is 1. The molecule has 0 spiro atoms. The first-order valence-electron chi connectivity index (χ1n) is 5.36. The first-order chi connectivity index (χ1) is 7.09. The van der Waals surface area contributed by atoms with Crippen LogP contribution in [0.3, 0.4) is 0 Å². The molecule has 15 heavy (non-hydrogen) atoms. The summed E-state index contributed by atoms with van der Waals surface area (Å²) < 4.78 is 24.4. The Morgan fingerprint density at radius 2 is 2.20 bits per heavy atom. The van der Waals surface area contributed by atoms with Crippen LogP contribution in [-0.4, -0.2) is 43.5 Å². The smallest absolute Gasteiger partial charge is 0.237 e. The molecule has 1 unspecified atom stereocenters. The van der Waals surface area contributed by atoms with Crippen LogP contribution in [0.4, 0.5) is 0 Å². The van der Waals surface area contributed by atoms with Crippen molar-refractivity contribution in [2.75, 3.05) is 18.8 Å². The van der Waals surface area contributed by atoms with Crippen molar-refractivity contribution < 1.29 is 13.2 Å². The van der Waals surface area contributed by atoms with Gasteiger partial charge in [-0.1, -0.05) is 0 Å². The Kier molecular flexibility index (Phi) is 2.97. The minimum Gasteiger partial charge on any atom is -0.312 e. The molecule has 6 heteroatoms. The summed E-state index contributed by atoms with van der Waals surface area (Å²) in [4.78, 5) is 11.5. The summed E-state index contributed by atoms with van der Waals surface area (Å²) >= 11 is 0. The second-order valence-electron chi connectivity index (χ2n) is 4.14. The van der Waals surface area contributed by atoms with E-state index in [1.807, 2.05) is 0 Å². The predicted octanol–water partition coefficient (Wildman–Crippen LogP) is -0.309. The molecule has 1 amide bonds. The van der Waals surface area contributed by atoms with E-state index in [1.54, 1.807) is 0 Å². The van der Waals surface area contributed by atoms with Gasteiger partial charge in [0.2, 0.25) is 15.9 Å². The highest BCUT2D eigenvalue weighted by atomic mass is 32.2. The Hall–Kier alpha value is -0.620. The van der Waals surface area contributed by atoms with E-state index in [1.165, 1.54) is 0 Å². The number of rotatable bonds is 2. The molecule has 0 radical (unpaired) electrons. The fourth-order valence-corrected chi connectivity index (χ4v) is 3.66. The number of hydrogen-bond acceptors (Lipinski definition) is 4. The van der Waals surface area contributed by atoms with E-state index in [4.69, 9.17) is 0 Å². The summed E-state index contributed by atoms with van der Waals surface area (Å²) in [6, 6.07) is 0.154. The lowest BCUT2D eigenvalue weighted by atomic mass is 10.2. The third-order valence-corrected chi connectivity index (χ3v) is 4.78. The fraction of sp³-hybridized carbons (Fsp3) is 0.889. The van der Waals surface area contributed by atoms with Crippen LogP contribution in [0.2, 0.25) is 0 Å². The molecule has 0 saturated carbocycles. The molecule has 2 aliphatic rings. The van der Waals surface area contributed by atoms with Crippen molar-refractivity contribution in [3.05, 3.63) is 0 Å². The summed E-state index contributed by atoms with van der Waals surface area (Å²) in [5, 5.41) is 3.20. The van der Waals surface area contributed by atoms with E-state index in [0.717, 1.165) is 23.7 Å². The van der Waals surface area contributed by atoms with Crippen LogP contribution in [0.1, 0.15) is 25.7 Å². The third-order valence-electron chi connectivity index (χ3n) is 2.96. The molecule has 2 saturated heterocycles. The van der Waals surface area contributed by atoms with Gasteiger partial charge in [0.25, 0.3) is 0 Å². The van der Waals surface area contributed by atoms with Gasteiger partial charge in [-0.05, 0) is 25.8 Å². The maximum atomic E-state index is 11.7. The van der Waals surface area contributed by atoms with Gasteiger partial charge in [0.1, 0.15) is 0 Å². The van der Waals surface area contributed by atoms with Crippen molar-refractivity contribution in [2.24, 2.45) is 0 Å². The molecule has 2 aliphatic heterocycles. The van der Waals surface area contributed by atoms with Crippen LogP contribution in [0.25, 0.3) is 0 Å². The first-order valence-corrected chi connectivity index (χ1v) is 6.97. The molecular weight excluding hydrogens is 216 g/mol. The number of hydrogen-bond donors (Lipinski definition) is 1. The molecule has 86 valence electrons. The lowest BCUT2D eigenvalue weighted by Crippen LogP contribution is -2.47. The zero-order valence-electron chi connectivity index (χ0n) is 8.61. The molecular formula is C9H16N2O3S. The molecule has 1 atom stereocenters. The largest absolute Gasteiger partial charge is 0.312 e. The predicted molar refractivity (Wildman–Crippen MR) is 55.8 cm³/mol. The van der Waals surface area contributed by atoms with Crippen LogP contribution in [0, 0.1) is 0 Å². The Labute approximate surface area is 89.9 Å². The van der Waals surface area contributed by atoms with E-state index in [2.05, 4.69) is 5.32 Å². The number of carbonyl (C=O) groups is 1. The van der Waals surface area contributed by atoms with E-state index in [-0.39, 0.29) is 17.7 Å². The van der Waals surface area contributed by atoms with Gasteiger partial charge in [0.15, 0.2) is 0 Å². The Morgan fingerprint density at radius 3 is 2.80 bits per heavy atom. The third kappa shape index (κ3) is 2.31. The van der Waals surface area contributed by atoms with Crippen molar-refractivity contribution in [1.82, 2.24) is 9.62 Å². The Balaban J connectivity index is 2.06. The lowest BCUT2D eigenvalue weighted by molar-refractivity contribution is -0.127. The maximum Gasteiger partial charge on any atom is 0.237 e. The van der Waals surface area contributed by atoms with Crippen molar-refractivity contribution >= 4 is 15.9 Å². The van der Waals surface area contributed by atoms with Gasteiger partial charge in [-0.15, -0.1) is 0 Å². The molecule has 2 rings (SSSR count). The van der Waals surface area contributed by atoms with Gasteiger partial charge < -0.3 is 5.32 Å². The minimum atomic E-state index is -3.32. The van der Waals surface area contributed by atoms with Crippen molar-refractivity contribution in [3.63, 3.8) is 0 Å². The van der Waals surface area contributed by atoms with E-state index in [0.29, 0.717) is 19.4 Å². The Morgan fingerprint density at radius 1 is 1.40 bits per heavy atom. The highest BCUT2D eigenvalue weighted by Gasteiger charge is 2.33. The summed E-state index contributed by atoms with van der Waals surface area (Å²) in [6.45, 7) is 1.24. The second kappa shape index (κ2) is 4.09. The van der Waals surface area contributed by atoms with Gasteiger partial charge >= 0.3 is 0 Å².